The van der Waals surface area contributed by atoms with Crippen LogP contribution in [-0.2, 0) is 0 Å². The summed E-state index contributed by atoms with van der Waals surface area (Å²) in [6.45, 7) is 11.7. The Morgan fingerprint density at radius 2 is 1.85 bits per heavy atom. The number of hydrogen-bond donors (Lipinski definition) is 0. The van der Waals surface area contributed by atoms with Crippen LogP contribution in [0.15, 0.2) is 0 Å². The number of nitrogens with zero attached hydrogens (tertiary/aromatic N) is 1. The molecule has 0 saturated carbocycles. The molecule has 0 radical (unpaired) electrons. The highest BCUT2D eigenvalue weighted by Crippen LogP contribution is 2.08. The summed E-state index contributed by atoms with van der Waals surface area (Å²) in [5.41, 5.74) is 0. The highest BCUT2D eigenvalue weighted by molar-refractivity contribution is 9.09. The van der Waals surface area contributed by atoms with Crippen LogP contribution in [0.25, 0.3) is 0 Å². The Bertz CT molecular complexity index is 115. The van der Waals surface area contributed by atoms with Gasteiger partial charge in [0.1, 0.15) is 0 Å². The lowest BCUT2D eigenvalue weighted by Gasteiger charge is -2.28. The standard InChI is InChI=1S/C11H24BrN/c1-5-11(4)9-13(10(2)3)8-6-7-12/h10-11H,5-9H2,1-4H3. The lowest BCUT2D eigenvalue weighted by atomic mass is 10.1. The van der Waals surface area contributed by atoms with Gasteiger partial charge in [0.15, 0.2) is 0 Å². The van der Waals surface area contributed by atoms with Crippen molar-refractivity contribution in [1.29, 1.82) is 0 Å². The van der Waals surface area contributed by atoms with Crippen molar-refractivity contribution in [2.75, 3.05) is 18.4 Å². The Labute approximate surface area is 92.0 Å². The Balaban J connectivity index is 3.79. The smallest absolute Gasteiger partial charge is 0.00434 e. The van der Waals surface area contributed by atoms with Crippen LogP contribution in [0.3, 0.4) is 0 Å². The Hall–Kier alpha value is 0.440. The molecule has 80 valence electrons. The van der Waals surface area contributed by atoms with Crippen LogP contribution < -0.4 is 0 Å². The molecule has 0 bridgehead atoms. The predicted molar refractivity (Wildman–Crippen MR) is 64.6 cm³/mol. The molecule has 1 atom stereocenters. The Morgan fingerprint density at radius 1 is 1.23 bits per heavy atom. The van der Waals surface area contributed by atoms with Gasteiger partial charge in [0.25, 0.3) is 0 Å². The van der Waals surface area contributed by atoms with E-state index in [1.807, 2.05) is 0 Å². The van der Waals surface area contributed by atoms with Crippen molar-refractivity contribution in [2.45, 2.75) is 46.6 Å². The van der Waals surface area contributed by atoms with Crippen LogP contribution >= 0.6 is 15.9 Å². The molecule has 0 aromatic carbocycles. The summed E-state index contributed by atoms with van der Waals surface area (Å²) in [4.78, 5) is 2.58. The molecule has 0 aliphatic carbocycles. The van der Waals surface area contributed by atoms with Gasteiger partial charge in [-0.05, 0) is 32.7 Å². The zero-order valence-electron chi connectivity index (χ0n) is 9.52. The van der Waals surface area contributed by atoms with E-state index in [1.165, 1.54) is 25.9 Å². The average molecular weight is 250 g/mol. The molecular weight excluding hydrogens is 226 g/mol. The van der Waals surface area contributed by atoms with E-state index < -0.39 is 0 Å². The second kappa shape index (κ2) is 7.81. The molecule has 2 heteroatoms. The third-order valence-corrected chi connectivity index (χ3v) is 3.11. The fourth-order valence-corrected chi connectivity index (χ4v) is 1.60. The zero-order valence-corrected chi connectivity index (χ0v) is 11.1. The van der Waals surface area contributed by atoms with E-state index in [-0.39, 0.29) is 0 Å². The molecular formula is C11H24BrN. The molecule has 0 aromatic heterocycles. The second-order valence-corrected chi connectivity index (χ2v) is 4.94. The summed E-state index contributed by atoms with van der Waals surface area (Å²) >= 11 is 3.48. The number of hydrogen-bond acceptors (Lipinski definition) is 1. The molecule has 0 heterocycles. The zero-order chi connectivity index (χ0) is 10.3. The summed E-state index contributed by atoms with van der Waals surface area (Å²) < 4.78 is 0. The molecule has 0 rings (SSSR count). The number of rotatable bonds is 7. The van der Waals surface area contributed by atoms with Gasteiger partial charge in [-0.15, -0.1) is 0 Å². The highest BCUT2D eigenvalue weighted by atomic mass is 79.9. The van der Waals surface area contributed by atoms with Crippen molar-refractivity contribution in [1.82, 2.24) is 4.90 Å². The predicted octanol–water partition coefficient (Wildman–Crippen LogP) is 3.53. The quantitative estimate of drug-likeness (QED) is 0.625. The van der Waals surface area contributed by atoms with Crippen LogP contribution in [0, 0.1) is 5.92 Å². The first-order valence-corrected chi connectivity index (χ1v) is 6.54. The van der Waals surface area contributed by atoms with Crippen LogP contribution in [0.1, 0.15) is 40.5 Å². The third kappa shape index (κ3) is 6.50. The van der Waals surface area contributed by atoms with E-state index >= 15 is 0 Å². The fourth-order valence-electron chi connectivity index (χ4n) is 1.35. The molecule has 0 amide bonds. The first-order chi connectivity index (χ1) is 6.11. The molecule has 0 saturated heterocycles. The number of alkyl halides is 1. The second-order valence-electron chi connectivity index (χ2n) is 4.14. The topological polar surface area (TPSA) is 3.24 Å². The normalized spacial score (nSPS) is 14.1. The molecule has 0 aliphatic heterocycles. The molecule has 0 spiro atoms. The third-order valence-electron chi connectivity index (χ3n) is 2.55. The van der Waals surface area contributed by atoms with Crippen LogP contribution in [0.4, 0.5) is 0 Å². The van der Waals surface area contributed by atoms with Crippen molar-refractivity contribution in [3.63, 3.8) is 0 Å². The first-order valence-electron chi connectivity index (χ1n) is 5.41. The van der Waals surface area contributed by atoms with Gasteiger partial charge in [0.05, 0.1) is 0 Å². The molecule has 0 fully saturated rings. The molecule has 0 N–H and O–H groups in total. The lowest BCUT2D eigenvalue weighted by molar-refractivity contribution is 0.191. The minimum absolute atomic E-state index is 0.688. The van der Waals surface area contributed by atoms with E-state index in [4.69, 9.17) is 0 Å². The van der Waals surface area contributed by atoms with Crippen molar-refractivity contribution < 1.29 is 0 Å². The fraction of sp³-hybridized carbons (Fsp3) is 1.00. The summed E-state index contributed by atoms with van der Waals surface area (Å²) in [6.07, 6.45) is 2.55. The number of halogens is 1. The Morgan fingerprint density at radius 3 is 2.23 bits per heavy atom. The summed E-state index contributed by atoms with van der Waals surface area (Å²) in [6, 6.07) is 0.688. The summed E-state index contributed by atoms with van der Waals surface area (Å²) in [5, 5.41) is 1.12. The average Bonchev–Trinajstić information content (AvgIpc) is 2.11. The molecule has 13 heavy (non-hydrogen) atoms. The molecule has 0 aliphatic rings. The monoisotopic (exact) mass is 249 g/mol. The SMILES string of the molecule is CCC(C)CN(CCCBr)C(C)C. The molecule has 0 aromatic rings. The van der Waals surface area contributed by atoms with Gasteiger partial charge >= 0.3 is 0 Å². The van der Waals surface area contributed by atoms with Gasteiger partial charge in [0, 0.05) is 17.9 Å². The van der Waals surface area contributed by atoms with Gasteiger partial charge < -0.3 is 4.90 Å². The van der Waals surface area contributed by atoms with Crippen molar-refractivity contribution >= 4 is 15.9 Å². The minimum Gasteiger partial charge on any atom is -0.301 e. The Kier molecular flexibility index (Phi) is 8.07. The van der Waals surface area contributed by atoms with Gasteiger partial charge in [-0.2, -0.15) is 0 Å². The van der Waals surface area contributed by atoms with Crippen LogP contribution in [0.5, 0.6) is 0 Å². The summed E-state index contributed by atoms with van der Waals surface area (Å²) in [7, 11) is 0. The maximum Gasteiger partial charge on any atom is 0.00434 e. The van der Waals surface area contributed by atoms with Crippen molar-refractivity contribution in [3.8, 4) is 0 Å². The highest BCUT2D eigenvalue weighted by Gasteiger charge is 2.11. The summed E-state index contributed by atoms with van der Waals surface area (Å²) in [5.74, 6) is 0.831. The van der Waals surface area contributed by atoms with Crippen molar-refractivity contribution in [2.24, 2.45) is 5.92 Å². The maximum absolute atomic E-state index is 3.48. The van der Waals surface area contributed by atoms with E-state index in [0.29, 0.717) is 6.04 Å². The largest absolute Gasteiger partial charge is 0.301 e. The van der Waals surface area contributed by atoms with Crippen molar-refractivity contribution in [3.05, 3.63) is 0 Å². The van der Waals surface area contributed by atoms with E-state index in [2.05, 4.69) is 48.5 Å². The van der Waals surface area contributed by atoms with Crippen LogP contribution in [0.2, 0.25) is 0 Å². The molecule has 1 nitrogen and oxygen atoms in total. The first kappa shape index (κ1) is 13.4. The lowest BCUT2D eigenvalue weighted by Crippen LogP contribution is -2.35. The maximum atomic E-state index is 3.48. The minimum atomic E-state index is 0.688. The van der Waals surface area contributed by atoms with Crippen LogP contribution in [-0.4, -0.2) is 29.4 Å². The van der Waals surface area contributed by atoms with E-state index in [9.17, 15) is 0 Å². The van der Waals surface area contributed by atoms with Gasteiger partial charge in [-0.1, -0.05) is 36.2 Å². The van der Waals surface area contributed by atoms with Gasteiger partial charge in [0.2, 0.25) is 0 Å². The van der Waals surface area contributed by atoms with Gasteiger partial charge in [-0.3, -0.25) is 0 Å². The van der Waals surface area contributed by atoms with E-state index in [0.717, 1.165) is 11.2 Å². The van der Waals surface area contributed by atoms with E-state index in [1.54, 1.807) is 0 Å². The molecule has 1 unspecified atom stereocenters. The van der Waals surface area contributed by atoms with Gasteiger partial charge in [-0.25, -0.2) is 0 Å².